The summed E-state index contributed by atoms with van der Waals surface area (Å²) in [5, 5.41) is 0. The van der Waals surface area contributed by atoms with Gasteiger partial charge in [-0.25, -0.2) is 0 Å². The average molecular weight is 302 g/mol. The van der Waals surface area contributed by atoms with Crippen molar-refractivity contribution in [3.05, 3.63) is 35.9 Å². The largest absolute Gasteiger partial charge is 0.380 e. The lowest BCUT2D eigenvalue weighted by atomic mass is 9.81. The molecule has 3 rings (SSSR count). The summed E-state index contributed by atoms with van der Waals surface area (Å²) in [4.78, 5) is 16.8. The van der Waals surface area contributed by atoms with Crippen LogP contribution in [-0.4, -0.2) is 62.7 Å². The summed E-state index contributed by atoms with van der Waals surface area (Å²) in [6, 6.07) is 10.3. The number of ether oxygens (including phenoxy) is 1. The van der Waals surface area contributed by atoms with Crippen molar-refractivity contribution in [2.45, 2.75) is 12.8 Å². The molecule has 22 heavy (non-hydrogen) atoms. The van der Waals surface area contributed by atoms with Gasteiger partial charge in [0.1, 0.15) is 0 Å². The molecule has 0 aromatic heterocycles. The van der Waals surface area contributed by atoms with Crippen molar-refractivity contribution in [3.8, 4) is 0 Å². The fourth-order valence-electron chi connectivity index (χ4n) is 3.93. The molecule has 2 atom stereocenters. The first-order chi connectivity index (χ1) is 10.6. The number of amides is 1. The zero-order valence-corrected chi connectivity index (χ0v) is 13.6. The van der Waals surface area contributed by atoms with Crippen molar-refractivity contribution in [2.75, 3.05) is 46.9 Å². The highest BCUT2D eigenvalue weighted by Crippen LogP contribution is 2.41. The second-order valence-electron chi connectivity index (χ2n) is 7.07. The van der Waals surface area contributed by atoms with Gasteiger partial charge in [-0.2, -0.15) is 0 Å². The molecule has 0 unspecified atom stereocenters. The van der Waals surface area contributed by atoms with Gasteiger partial charge in [0.05, 0.1) is 13.2 Å². The third-order valence-corrected chi connectivity index (χ3v) is 4.98. The van der Waals surface area contributed by atoms with Crippen LogP contribution in [0, 0.1) is 11.3 Å². The molecule has 0 N–H and O–H groups in total. The summed E-state index contributed by atoms with van der Waals surface area (Å²) in [6.45, 7) is 4.31. The van der Waals surface area contributed by atoms with E-state index in [1.807, 2.05) is 18.2 Å². The Hall–Kier alpha value is -1.39. The molecule has 2 aliphatic heterocycles. The van der Waals surface area contributed by atoms with Crippen LogP contribution in [0.1, 0.15) is 12.0 Å². The molecule has 2 saturated heterocycles. The Balaban J connectivity index is 1.58. The first-order valence-electron chi connectivity index (χ1n) is 8.13. The zero-order valence-electron chi connectivity index (χ0n) is 13.6. The number of carbonyl (C=O) groups excluding carboxylic acids is 1. The van der Waals surface area contributed by atoms with Gasteiger partial charge in [-0.3, -0.25) is 4.79 Å². The van der Waals surface area contributed by atoms with Crippen molar-refractivity contribution in [1.29, 1.82) is 0 Å². The zero-order chi connectivity index (χ0) is 15.6. The predicted molar refractivity (Wildman–Crippen MR) is 86.6 cm³/mol. The van der Waals surface area contributed by atoms with E-state index >= 15 is 0 Å². The Bertz CT molecular complexity index is 517. The molecule has 4 nitrogen and oxygen atoms in total. The highest BCUT2D eigenvalue weighted by atomic mass is 16.5. The van der Waals surface area contributed by atoms with Crippen molar-refractivity contribution in [2.24, 2.45) is 11.3 Å². The molecule has 0 saturated carbocycles. The van der Waals surface area contributed by atoms with Crippen LogP contribution in [0.25, 0.3) is 0 Å². The highest BCUT2D eigenvalue weighted by molar-refractivity contribution is 5.77. The van der Waals surface area contributed by atoms with E-state index in [9.17, 15) is 4.79 Å². The third-order valence-electron chi connectivity index (χ3n) is 4.98. The lowest BCUT2D eigenvalue weighted by Gasteiger charge is -2.30. The highest BCUT2D eigenvalue weighted by Gasteiger charge is 2.51. The fourth-order valence-corrected chi connectivity index (χ4v) is 3.93. The number of nitrogens with zero attached hydrogens (tertiary/aromatic N) is 2. The fraction of sp³-hybridized carbons (Fsp3) is 0.611. The number of aryl methyl sites for hydroxylation is 1. The monoisotopic (exact) mass is 302 g/mol. The van der Waals surface area contributed by atoms with Crippen molar-refractivity contribution in [3.63, 3.8) is 0 Å². The minimum absolute atomic E-state index is 0.145. The summed E-state index contributed by atoms with van der Waals surface area (Å²) >= 11 is 0. The van der Waals surface area contributed by atoms with Crippen LogP contribution in [0.5, 0.6) is 0 Å². The standard InChI is InChI=1S/C18H26N2O2/c1-19(2)12-18-13-20(10-16(18)11-22-14-18)17(21)9-8-15-6-4-3-5-7-15/h3-7,16H,8-14H2,1-2H3/t16-,18+/m1/s1. The van der Waals surface area contributed by atoms with E-state index in [2.05, 4.69) is 36.0 Å². The van der Waals surface area contributed by atoms with E-state index in [1.54, 1.807) is 0 Å². The summed E-state index contributed by atoms with van der Waals surface area (Å²) in [6.07, 6.45) is 1.44. The molecule has 1 amide bonds. The average Bonchev–Trinajstić information content (AvgIpc) is 3.01. The Morgan fingerprint density at radius 1 is 1.36 bits per heavy atom. The van der Waals surface area contributed by atoms with Crippen LogP contribution in [0.3, 0.4) is 0 Å². The van der Waals surface area contributed by atoms with Gasteiger partial charge in [0.2, 0.25) is 5.91 Å². The topological polar surface area (TPSA) is 32.8 Å². The van der Waals surface area contributed by atoms with Crippen molar-refractivity contribution in [1.82, 2.24) is 9.80 Å². The van der Waals surface area contributed by atoms with E-state index in [1.165, 1.54) is 5.56 Å². The second-order valence-corrected chi connectivity index (χ2v) is 7.07. The Morgan fingerprint density at radius 3 is 2.86 bits per heavy atom. The van der Waals surface area contributed by atoms with Crippen LogP contribution < -0.4 is 0 Å². The number of benzene rings is 1. The van der Waals surface area contributed by atoms with Crippen LogP contribution in [0.2, 0.25) is 0 Å². The molecule has 2 aliphatic rings. The lowest BCUT2D eigenvalue weighted by Crippen LogP contribution is -2.41. The van der Waals surface area contributed by atoms with E-state index in [0.717, 1.165) is 39.3 Å². The normalized spacial score (nSPS) is 27.4. The molecule has 0 aliphatic carbocycles. The minimum atomic E-state index is 0.145. The summed E-state index contributed by atoms with van der Waals surface area (Å²) in [5.74, 6) is 0.784. The van der Waals surface area contributed by atoms with Crippen molar-refractivity contribution < 1.29 is 9.53 Å². The molecule has 0 spiro atoms. The molecule has 2 heterocycles. The van der Waals surface area contributed by atoms with Crippen LogP contribution in [-0.2, 0) is 16.0 Å². The number of hydrogen-bond donors (Lipinski definition) is 0. The summed E-state index contributed by atoms with van der Waals surface area (Å²) in [7, 11) is 4.20. The smallest absolute Gasteiger partial charge is 0.222 e. The molecule has 4 heteroatoms. The Morgan fingerprint density at radius 2 is 2.14 bits per heavy atom. The molecule has 1 aromatic rings. The van der Waals surface area contributed by atoms with Crippen LogP contribution in [0.4, 0.5) is 0 Å². The van der Waals surface area contributed by atoms with E-state index in [4.69, 9.17) is 4.74 Å². The molecule has 2 fully saturated rings. The van der Waals surface area contributed by atoms with Gasteiger partial charge in [0, 0.05) is 37.4 Å². The molecule has 1 aromatic carbocycles. The molecule has 0 radical (unpaired) electrons. The predicted octanol–water partition coefficient (Wildman–Crippen LogP) is 1.66. The van der Waals surface area contributed by atoms with E-state index in [0.29, 0.717) is 12.3 Å². The number of rotatable bonds is 5. The number of carbonyl (C=O) groups is 1. The first kappa shape index (κ1) is 15.5. The van der Waals surface area contributed by atoms with Gasteiger partial charge in [-0.15, -0.1) is 0 Å². The molecule has 0 bridgehead atoms. The quantitative estimate of drug-likeness (QED) is 0.829. The SMILES string of the molecule is CN(C)C[C@]12COC[C@H]1CN(C(=O)CCc1ccccc1)C2. The number of likely N-dealkylation sites (tertiary alicyclic amines) is 1. The first-order valence-corrected chi connectivity index (χ1v) is 8.13. The van der Waals surface area contributed by atoms with Crippen LogP contribution >= 0.6 is 0 Å². The maximum absolute atomic E-state index is 12.5. The second kappa shape index (κ2) is 6.39. The Labute approximate surface area is 133 Å². The number of hydrogen-bond acceptors (Lipinski definition) is 3. The lowest BCUT2D eigenvalue weighted by molar-refractivity contribution is -0.131. The van der Waals surface area contributed by atoms with Gasteiger partial charge >= 0.3 is 0 Å². The Kier molecular flexibility index (Phi) is 4.50. The molecular weight excluding hydrogens is 276 g/mol. The maximum atomic E-state index is 12.5. The maximum Gasteiger partial charge on any atom is 0.222 e. The van der Waals surface area contributed by atoms with E-state index < -0.39 is 0 Å². The van der Waals surface area contributed by atoms with E-state index in [-0.39, 0.29) is 11.3 Å². The van der Waals surface area contributed by atoms with Gasteiger partial charge in [0.25, 0.3) is 0 Å². The van der Waals surface area contributed by atoms with Gasteiger partial charge in [0.15, 0.2) is 0 Å². The molecule has 120 valence electrons. The molecular formula is C18H26N2O2. The van der Waals surface area contributed by atoms with Gasteiger partial charge in [-0.1, -0.05) is 30.3 Å². The summed E-state index contributed by atoms with van der Waals surface area (Å²) in [5.41, 5.74) is 1.38. The van der Waals surface area contributed by atoms with Gasteiger partial charge < -0.3 is 14.5 Å². The van der Waals surface area contributed by atoms with Crippen molar-refractivity contribution >= 4 is 5.91 Å². The van der Waals surface area contributed by atoms with Crippen LogP contribution in [0.15, 0.2) is 30.3 Å². The number of fused-ring (bicyclic) bond motifs is 1. The summed E-state index contributed by atoms with van der Waals surface area (Å²) < 4.78 is 5.71. The minimum Gasteiger partial charge on any atom is -0.380 e. The third kappa shape index (κ3) is 3.18. The van der Waals surface area contributed by atoms with Gasteiger partial charge in [-0.05, 0) is 26.1 Å².